The Labute approximate surface area is 119 Å². The molecule has 108 valence electrons. The molecule has 8 heteroatoms. The van der Waals surface area contributed by atoms with Crippen LogP contribution in [0, 0.1) is 10.1 Å². The first kappa shape index (κ1) is 15.9. The van der Waals surface area contributed by atoms with E-state index >= 15 is 0 Å². The monoisotopic (exact) mass is 300 g/mol. The van der Waals surface area contributed by atoms with Crippen molar-refractivity contribution in [1.29, 1.82) is 0 Å². The zero-order valence-electron chi connectivity index (χ0n) is 10.7. The van der Waals surface area contributed by atoms with Crippen molar-refractivity contribution in [3.05, 3.63) is 38.4 Å². The first-order chi connectivity index (χ1) is 9.36. The number of nitro benzene ring substituents is 1. The molecule has 0 aromatic heterocycles. The molecule has 0 spiro atoms. The first-order valence-corrected chi connectivity index (χ1v) is 6.21. The van der Waals surface area contributed by atoms with E-state index in [2.05, 4.69) is 5.32 Å². The Morgan fingerprint density at radius 3 is 2.60 bits per heavy atom. The summed E-state index contributed by atoms with van der Waals surface area (Å²) in [6.07, 6.45) is 0.979. The van der Waals surface area contributed by atoms with Gasteiger partial charge in [0.25, 0.3) is 5.69 Å². The lowest BCUT2D eigenvalue weighted by molar-refractivity contribution is -0.384. The van der Waals surface area contributed by atoms with Crippen LogP contribution in [0.5, 0.6) is 0 Å². The number of nitrogens with zero attached hydrogens (tertiary/aromatic N) is 1. The Morgan fingerprint density at radius 2 is 2.10 bits per heavy atom. The van der Waals surface area contributed by atoms with E-state index in [1.54, 1.807) is 0 Å². The van der Waals surface area contributed by atoms with Gasteiger partial charge in [0.1, 0.15) is 5.02 Å². The van der Waals surface area contributed by atoms with Crippen LogP contribution in [0.1, 0.15) is 35.7 Å². The largest absolute Gasteiger partial charge is 0.478 e. The van der Waals surface area contributed by atoms with Crippen molar-refractivity contribution in [2.75, 3.05) is 0 Å². The number of nitro groups is 1. The Morgan fingerprint density at radius 1 is 1.45 bits per heavy atom. The molecule has 1 aromatic rings. The number of amides is 1. The molecule has 1 amide bonds. The maximum Gasteiger partial charge on any atom is 0.335 e. The van der Waals surface area contributed by atoms with Crippen LogP contribution in [0.4, 0.5) is 5.69 Å². The second-order valence-corrected chi connectivity index (χ2v) is 4.44. The van der Waals surface area contributed by atoms with Crippen LogP contribution >= 0.6 is 11.6 Å². The molecule has 0 atom stereocenters. The van der Waals surface area contributed by atoms with Crippen LogP contribution in [0.2, 0.25) is 5.02 Å². The maximum absolute atomic E-state index is 11.4. The number of carboxylic acids is 1. The number of carboxylic acid groups (broad SMARTS) is 1. The second-order valence-electron chi connectivity index (χ2n) is 4.06. The lowest BCUT2D eigenvalue weighted by atomic mass is 10.1. The summed E-state index contributed by atoms with van der Waals surface area (Å²) in [5.74, 6) is -1.53. The summed E-state index contributed by atoms with van der Waals surface area (Å²) in [5.41, 5.74) is -0.546. The molecule has 1 aromatic carbocycles. The van der Waals surface area contributed by atoms with Crippen LogP contribution in [0.15, 0.2) is 12.1 Å². The fraction of sp³-hybridized carbons (Fsp3) is 0.333. The molecule has 20 heavy (non-hydrogen) atoms. The van der Waals surface area contributed by atoms with Crippen molar-refractivity contribution < 1.29 is 19.6 Å². The molecule has 0 heterocycles. The molecule has 0 aliphatic heterocycles. The number of carbonyl (C=O) groups is 2. The maximum atomic E-state index is 11.4. The van der Waals surface area contributed by atoms with Crippen LogP contribution in [-0.2, 0) is 11.3 Å². The normalized spacial score (nSPS) is 10.1. The van der Waals surface area contributed by atoms with Gasteiger partial charge in [0.15, 0.2) is 0 Å². The molecule has 0 saturated carbocycles. The number of halogens is 1. The minimum Gasteiger partial charge on any atom is -0.478 e. The molecule has 7 nitrogen and oxygen atoms in total. The molecule has 2 N–H and O–H groups in total. The van der Waals surface area contributed by atoms with Gasteiger partial charge in [-0.1, -0.05) is 18.5 Å². The van der Waals surface area contributed by atoms with Crippen molar-refractivity contribution >= 4 is 29.2 Å². The van der Waals surface area contributed by atoms with Gasteiger partial charge in [-0.3, -0.25) is 14.9 Å². The number of rotatable bonds is 6. The molecule has 0 fully saturated rings. The molecule has 0 aliphatic rings. The third-order valence-corrected chi connectivity index (χ3v) is 2.96. The van der Waals surface area contributed by atoms with Crippen LogP contribution in [-0.4, -0.2) is 21.9 Å². The van der Waals surface area contributed by atoms with E-state index in [1.165, 1.54) is 6.07 Å². The number of hydrogen-bond donors (Lipinski definition) is 2. The van der Waals surface area contributed by atoms with Gasteiger partial charge >= 0.3 is 5.97 Å². The first-order valence-electron chi connectivity index (χ1n) is 5.83. The summed E-state index contributed by atoms with van der Waals surface area (Å²) >= 11 is 5.86. The van der Waals surface area contributed by atoms with Gasteiger partial charge in [-0.25, -0.2) is 4.79 Å². The zero-order valence-corrected chi connectivity index (χ0v) is 11.4. The zero-order chi connectivity index (χ0) is 15.3. The smallest absolute Gasteiger partial charge is 0.335 e. The standard InChI is InChI=1S/C12H13ClN2O5/c1-2-3-10(16)14-6-8-4-7(12(17)18)5-9(11(8)13)15(19)20/h4-5H,2-3,6H2,1H3,(H,14,16)(H,17,18). The molecule has 0 bridgehead atoms. The highest BCUT2D eigenvalue weighted by molar-refractivity contribution is 6.33. The molecule has 1 rings (SSSR count). The molecule has 0 aliphatic carbocycles. The lowest BCUT2D eigenvalue weighted by Crippen LogP contribution is -2.22. The van der Waals surface area contributed by atoms with Crippen LogP contribution < -0.4 is 5.32 Å². The number of nitrogens with one attached hydrogen (secondary N) is 1. The van der Waals surface area contributed by atoms with Gasteiger partial charge < -0.3 is 10.4 Å². The fourth-order valence-electron chi connectivity index (χ4n) is 1.56. The highest BCUT2D eigenvalue weighted by Crippen LogP contribution is 2.29. The van der Waals surface area contributed by atoms with E-state index in [1.807, 2.05) is 6.92 Å². The van der Waals surface area contributed by atoms with E-state index in [0.717, 1.165) is 6.07 Å². The second kappa shape index (κ2) is 6.85. The minimum atomic E-state index is -1.30. The average molecular weight is 301 g/mol. The van der Waals surface area contributed by atoms with Crippen molar-refractivity contribution in [1.82, 2.24) is 5.32 Å². The predicted molar refractivity (Wildman–Crippen MR) is 71.8 cm³/mol. The summed E-state index contributed by atoms with van der Waals surface area (Å²) in [6.45, 7) is 1.78. The number of carbonyl (C=O) groups excluding carboxylic acids is 1. The van der Waals surface area contributed by atoms with Gasteiger partial charge in [-0.2, -0.15) is 0 Å². The third-order valence-electron chi connectivity index (χ3n) is 2.53. The Bertz CT molecular complexity index is 559. The highest BCUT2D eigenvalue weighted by Gasteiger charge is 2.20. The lowest BCUT2D eigenvalue weighted by Gasteiger charge is -2.08. The van der Waals surface area contributed by atoms with Crippen LogP contribution in [0.25, 0.3) is 0 Å². The summed E-state index contributed by atoms with van der Waals surface area (Å²) in [6, 6.07) is 2.10. The fourth-order valence-corrected chi connectivity index (χ4v) is 1.81. The van der Waals surface area contributed by atoms with Crippen molar-refractivity contribution in [2.45, 2.75) is 26.3 Å². The number of benzene rings is 1. The Kier molecular flexibility index (Phi) is 5.45. The molecule has 0 radical (unpaired) electrons. The van der Waals surface area contributed by atoms with Crippen molar-refractivity contribution in [3.8, 4) is 0 Å². The molecule has 0 unspecified atom stereocenters. The SMILES string of the molecule is CCCC(=O)NCc1cc(C(=O)O)cc([N+](=O)[O-])c1Cl. The summed E-state index contributed by atoms with van der Waals surface area (Å²) < 4.78 is 0. The minimum absolute atomic E-state index is 0.0559. The summed E-state index contributed by atoms with van der Waals surface area (Å²) in [5, 5.41) is 22.1. The topological polar surface area (TPSA) is 110 Å². The van der Waals surface area contributed by atoms with E-state index < -0.39 is 16.6 Å². The summed E-state index contributed by atoms with van der Waals surface area (Å²) in [7, 11) is 0. The third kappa shape index (κ3) is 3.92. The predicted octanol–water partition coefficient (Wildman–Crippen LogP) is 2.36. The average Bonchev–Trinajstić information content (AvgIpc) is 2.37. The van der Waals surface area contributed by atoms with Crippen LogP contribution in [0.3, 0.4) is 0 Å². The van der Waals surface area contributed by atoms with Crippen molar-refractivity contribution in [2.24, 2.45) is 0 Å². The molecular formula is C12H13ClN2O5. The number of aromatic carboxylic acids is 1. The quantitative estimate of drug-likeness (QED) is 0.619. The number of hydrogen-bond acceptors (Lipinski definition) is 4. The Balaban J connectivity index is 3.08. The van der Waals surface area contributed by atoms with Gasteiger partial charge in [-0.15, -0.1) is 0 Å². The van der Waals surface area contributed by atoms with Crippen molar-refractivity contribution in [3.63, 3.8) is 0 Å². The van der Waals surface area contributed by atoms with Gasteiger partial charge in [-0.05, 0) is 18.1 Å². The highest BCUT2D eigenvalue weighted by atomic mass is 35.5. The molecule has 0 saturated heterocycles. The van der Waals surface area contributed by atoms with E-state index in [4.69, 9.17) is 16.7 Å². The summed E-state index contributed by atoms with van der Waals surface area (Å²) in [4.78, 5) is 32.4. The van der Waals surface area contributed by atoms with E-state index in [0.29, 0.717) is 12.8 Å². The molecular weight excluding hydrogens is 288 g/mol. The van der Waals surface area contributed by atoms with Gasteiger partial charge in [0.05, 0.1) is 10.5 Å². The van der Waals surface area contributed by atoms with E-state index in [-0.39, 0.29) is 28.6 Å². The Hall–Kier alpha value is -2.15. The van der Waals surface area contributed by atoms with E-state index in [9.17, 15) is 19.7 Å². The van der Waals surface area contributed by atoms with Gasteiger partial charge in [0.2, 0.25) is 5.91 Å². The van der Waals surface area contributed by atoms with Gasteiger partial charge in [0, 0.05) is 19.0 Å².